The molecule has 134 valence electrons. The summed E-state index contributed by atoms with van der Waals surface area (Å²) in [5.41, 5.74) is 7.28. The van der Waals surface area contributed by atoms with Gasteiger partial charge in [-0.15, -0.1) is 0 Å². The Labute approximate surface area is 161 Å². The van der Waals surface area contributed by atoms with Gasteiger partial charge in [0.1, 0.15) is 6.07 Å². The highest BCUT2D eigenvalue weighted by atomic mass is 14.9. The normalized spacial score (nSPS) is 11.0. The third-order valence-corrected chi connectivity index (χ3v) is 5.15. The Balaban J connectivity index is 1.67. The molecule has 0 spiro atoms. The van der Waals surface area contributed by atoms with Gasteiger partial charge in [-0.1, -0.05) is 18.2 Å². The zero-order chi connectivity index (χ0) is 19.1. The van der Waals surface area contributed by atoms with E-state index in [0.717, 1.165) is 50.0 Å². The van der Waals surface area contributed by atoms with Crippen molar-refractivity contribution in [2.24, 2.45) is 0 Å². The number of benzene rings is 2. The van der Waals surface area contributed by atoms with E-state index in [1.165, 1.54) is 0 Å². The van der Waals surface area contributed by atoms with E-state index < -0.39 is 0 Å². The lowest BCUT2D eigenvalue weighted by Gasteiger charge is -2.15. The quantitative estimate of drug-likeness (QED) is 0.388. The molecule has 0 unspecified atom stereocenters. The Morgan fingerprint density at radius 3 is 2.79 bits per heavy atom. The van der Waals surface area contributed by atoms with E-state index in [4.69, 9.17) is 0 Å². The second kappa shape index (κ2) is 6.29. The maximum atomic E-state index is 9.67. The van der Waals surface area contributed by atoms with Crippen molar-refractivity contribution < 1.29 is 0 Å². The highest BCUT2D eigenvalue weighted by Gasteiger charge is 2.15. The number of pyridine rings is 1. The smallest absolute Gasteiger partial charge is 0.103 e. The second-order valence-corrected chi connectivity index (χ2v) is 6.79. The van der Waals surface area contributed by atoms with E-state index in [9.17, 15) is 5.26 Å². The molecule has 0 atom stereocenters. The van der Waals surface area contributed by atoms with E-state index in [-0.39, 0.29) is 0 Å². The first-order valence-electron chi connectivity index (χ1n) is 9.04. The topological polar surface area (TPSA) is 80.3 Å². The van der Waals surface area contributed by atoms with Crippen LogP contribution >= 0.6 is 0 Å². The molecule has 3 N–H and O–H groups in total. The number of para-hydroxylation sites is 1. The lowest BCUT2D eigenvalue weighted by molar-refractivity contribution is 1.28. The summed E-state index contributed by atoms with van der Waals surface area (Å²) >= 11 is 0. The van der Waals surface area contributed by atoms with Gasteiger partial charge >= 0.3 is 0 Å². The molecule has 0 fully saturated rings. The summed E-state index contributed by atoms with van der Waals surface area (Å²) in [6.45, 7) is 2.08. The van der Waals surface area contributed by atoms with E-state index in [2.05, 4.69) is 51.5 Å². The van der Waals surface area contributed by atoms with Gasteiger partial charge in [0.15, 0.2) is 0 Å². The second-order valence-electron chi connectivity index (χ2n) is 6.79. The van der Waals surface area contributed by atoms with Crippen molar-refractivity contribution in [3.05, 3.63) is 78.2 Å². The number of aromatic amines is 2. The third-order valence-electron chi connectivity index (χ3n) is 5.15. The van der Waals surface area contributed by atoms with Gasteiger partial charge in [0.05, 0.1) is 16.9 Å². The van der Waals surface area contributed by atoms with E-state index in [0.29, 0.717) is 5.56 Å². The Morgan fingerprint density at radius 2 is 1.93 bits per heavy atom. The van der Waals surface area contributed by atoms with Gasteiger partial charge in [-0.2, -0.15) is 5.26 Å². The van der Waals surface area contributed by atoms with Gasteiger partial charge in [0, 0.05) is 51.6 Å². The van der Waals surface area contributed by atoms with Crippen LogP contribution in [-0.2, 0) is 0 Å². The summed E-state index contributed by atoms with van der Waals surface area (Å²) in [7, 11) is 0. The van der Waals surface area contributed by atoms with Crippen LogP contribution in [0.1, 0.15) is 11.1 Å². The Kier molecular flexibility index (Phi) is 3.63. The van der Waals surface area contributed by atoms with Crippen molar-refractivity contribution in [1.82, 2.24) is 15.0 Å². The first kappa shape index (κ1) is 16.2. The van der Waals surface area contributed by atoms with Crippen LogP contribution in [0.3, 0.4) is 0 Å². The number of hydrogen-bond donors (Lipinski definition) is 3. The van der Waals surface area contributed by atoms with Gasteiger partial charge in [0.25, 0.3) is 0 Å². The predicted molar refractivity (Wildman–Crippen MR) is 113 cm³/mol. The van der Waals surface area contributed by atoms with Crippen LogP contribution in [0.15, 0.2) is 67.1 Å². The number of fused-ring (bicyclic) bond motifs is 2. The fourth-order valence-electron chi connectivity index (χ4n) is 3.66. The SMILES string of the molecule is Cc1c(Nc2c(C#N)cncc2-c2cc3ccccc3[nH]2)ccc2[nH]ccc12. The number of anilines is 2. The molecule has 5 heteroatoms. The number of nitrogens with one attached hydrogen (secondary N) is 3. The van der Waals surface area contributed by atoms with Crippen LogP contribution in [0.5, 0.6) is 0 Å². The molecule has 0 bridgehead atoms. The van der Waals surface area contributed by atoms with Crippen molar-refractivity contribution >= 4 is 33.2 Å². The molecule has 0 aliphatic rings. The van der Waals surface area contributed by atoms with Crippen molar-refractivity contribution in [2.45, 2.75) is 6.92 Å². The van der Waals surface area contributed by atoms with E-state index in [1.54, 1.807) is 12.4 Å². The molecule has 0 aliphatic heterocycles. The number of rotatable bonds is 3. The average Bonchev–Trinajstić information content (AvgIpc) is 3.37. The zero-order valence-electron chi connectivity index (χ0n) is 15.2. The molecule has 0 saturated heterocycles. The van der Waals surface area contributed by atoms with Crippen LogP contribution in [0, 0.1) is 18.3 Å². The summed E-state index contributed by atoms with van der Waals surface area (Å²) < 4.78 is 0. The minimum Gasteiger partial charge on any atom is -0.361 e. The van der Waals surface area contributed by atoms with Crippen LogP contribution in [0.4, 0.5) is 11.4 Å². The monoisotopic (exact) mass is 363 g/mol. The molecular formula is C23H17N5. The van der Waals surface area contributed by atoms with E-state index in [1.807, 2.05) is 36.5 Å². The highest BCUT2D eigenvalue weighted by molar-refractivity contribution is 5.93. The summed E-state index contributed by atoms with van der Waals surface area (Å²) in [5.74, 6) is 0. The Hall–Kier alpha value is -4.04. The molecule has 0 amide bonds. The molecule has 0 saturated carbocycles. The van der Waals surface area contributed by atoms with Gasteiger partial charge in [-0.05, 0) is 42.8 Å². The number of hydrogen-bond acceptors (Lipinski definition) is 3. The Morgan fingerprint density at radius 1 is 1.04 bits per heavy atom. The maximum Gasteiger partial charge on any atom is 0.103 e. The standard InChI is InChI=1S/C23H17N5/c1-14-17-8-9-26-21(17)7-6-19(14)28-23-16(11-24)12-25-13-18(23)22-10-15-4-2-3-5-20(15)27-22/h2-10,12-13,26-27H,1H3,(H,25,28). The number of aromatic nitrogens is 3. The molecule has 3 aromatic heterocycles. The summed E-state index contributed by atoms with van der Waals surface area (Å²) in [5, 5.41) is 15.4. The van der Waals surface area contributed by atoms with Crippen molar-refractivity contribution in [3.63, 3.8) is 0 Å². The molecular weight excluding hydrogens is 346 g/mol. The lowest BCUT2D eigenvalue weighted by atomic mass is 10.1. The largest absolute Gasteiger partial charge is 0.361 e. The van der Waals surface area contributed by atoms with Crippen molar-refractivity contribution in [3.8, 4) is 17.3 Å². The number of H-pyrrole nitrogens is 2. The number of nitrogens with zero attached hydrogens (tertiary/aromatic N) is 2. The first-order chi connectivity index (χ1) is 13.7. The fourth-order valence-corrected chi connectivity index (χ4v) is 3.66. The zero-order valence-corrected chi connectivity index (χ0v) is 15.2. The molecule has 2 aromatic carbocycles. The summed E-state index contributed by atoms with van der Waals surface area (Å²) in [6, 6.07) is 18.6. The first-order valence-corrected chi connectivity index (χ1v) is 9.04. The molecule has 0 radical (unpaired) electrons. The minimum absolute atomic E-state index is 0.504. The molecule has 0 aliphatic carbocycles. The van der Waals surface area contributed by atoms with Crippen LogP contribution < -0.4 is 5.32 Å². The molecule has 5 aromatic rings. The van der Waals surface area contributed by atoms with E-state index >= 15 is 0 Å². The Bertz CT molecular complexity index is 1330. The predicted octanol–water partition coefficient (Wildman–Crippen LogP) is 5.63. The maximum absolute atomic E-state index is 9.67. The molecule has 5 rings (SSSR count). The lowest BCUT2D eigenvalue weighted by Crippen LogP contribution is -2.00. The van der Waals surface area contributed by atoms with Crippen LogP contribution in [0.2, 0.25) is 0 Å². The van der Waals surface area contributed by atoms with Crippen molar-refractivity contribution in [1.29, 1.82) is 5.26 Å². The van der Waals surface area contributed by atoms with Gasteiger partial charge in [-0.3, -0.25) is 4.98 Å². The van der Waals surface area contributed by atoms with Gasteiger partial charge < -0.3 is 15.3 Å². The summed E-state index contributed by atoms with van der Waals surface area (Å²) in [4.78, 5) is 10.9. The fraction of sp³-hybridized carbons (Fsp3) is 0.0435. The highest BCUT2D eigenvalue weighted by Crippen LogP contribution is 2.35. The third kappa shape index (κ3) is 2.51. The van der Waals surface area contributed by atoms with Gasteiger partial charge in [0.2, 0.25) is 0 Å². The average molecular weight is 363 g/mol. The van der Waals surface area contributed by atoms with Crippen LogP contribution in [0.25, 0.3) is 33.1 Å². The summed E-state index contributed by atoms with van der Waals surface area (Å²) in [6.07, 6.45) is 5.32. The molecule has 3 heterocycles. The number of aryl methyl sites for hydroxylation is 1. The van der Waals surface area contributed by atoms with Crippen molar-refractivity contribution in [2.75, 3.05) is 5.32 Å². The molecule has 28 heavy (non-hydrogen) atoms. The van der Waals surface area contributed by atoms with Gasteiger partial charge in [-0.25, -0.2) is 0 Å². The minimum atomic E-state index is 0.504. The number of nitriles is 1. The molecule has 5 nitrogen and oxygen atoms in total. The van der Waals surface area contributed by atoms with Crippen LogP contribution in [-0.4, -0.2) is 15.0 Å².